The summed E-state index contributed by atoms with van der Waals surface area (Å²) in [7, 11) is 3.08. The number of hydrogen-bond donors (Lipinski definition) is 3. The molecule has 0 bridgehead atoms. The van der Waals surface area contributed by atoms with E-state index in [1.54, 1.807) is 25.3 Å². The van der Waals surface area contributed by atoms with Crippen LogP contribution in [0, 0.1) is 18.8 Å². The number of carbonyl (C=O) groups is 4. The number of rotatable bonds is 7. The van der Waals surface area contributed by atoms with Gasteiger partial charge in [0, 0.05) is 30.3 Å². The van der Waals surface area contributed by atoms with Gasteiger partial charge in [-0.1, -0.05) is 23.8 Å². The van der Waals surface area contributed by atoms with Crippen molar-refractivity contribution < 1.29 is 28.7 Å². The quantitative estimate of drug-likeness (QED) is 0.487. The first-order chi connectivity index (χ1) is 17.2. The molecule has 2 aromatic rings. The lowest BCUT2D eigenvalue weighted by molar-refractivity contribution is -0.142. The van der Waals surface area contributed by atoms with Gasteiger partial charge in [-0.05, 0) is 37.1 Å². The number of carbonyl (C=O) groups excluding carboxylic acids is 4. The van der Waals surface area contributed by atoms with Crippen LogP contribution in [-0.2, 0) is 31.1 Å². The van der Waals surface area contributed by atoms with Crippen LogP contribution in [0.1, 0.15) is 23.1 Å². The lowest BCUT2D eigenvalue weighted by atomic mass is 9.76. The van der Waals surface area contributed by atoms with Crippen molar-refractivity contribution in [3.63, 3.8) is 0 Å². The number of benzene rings is 2. The van der Waals surface area contributed by atoms with Crippen molar-refractivity contribution in [3.8, 4) is 11.5 Å². The van der Waals surface area contributed by atoms with E-state index in [0.717, 1.165) is 11.1 Å². The van der Waals surface area contributed by atoms with Crippen LogP contribution in [0.2, 0.25) is 0 Å². The van der Waals surface area contributed by atoms with Gasteiger partial charge in [0.05, 0.1) is 26.1 Å². The van der Waals surface area contributed by atoms with Crippen LogP contribution in [0.5, 0.6) is 11.5 Å². The van der Waals surface area contributed by atoms with Gasteiger partial charge < -0.3 is 20.5 Å². The van der Waals surface area contributed by atoms with Crippen LogP contribution in [-0.4, -0.2) is 55.3 Å². The fourth-order valence-corrected chi connectivity index (χ4v) is 5.86. The highest BCUT2D eigenvalue weighted by Crippen LogP contribution is 2.53. The van der Waals surface area contributed by atoms with Crippen molar-refractivity contribution in [1.29, 1.82) is 0 Å². The average molecular weight is 493 g/mol. The summed E-state index contributed by atoms with van der Waals surface area (Å²) in [5.74, 6) is -2.61. The van der Waals surface area contributed by atoms with Gasteiger partial charge in [-0.2, -0.15) is 0 Å². The number of likely N-dealkylation sites (tertiary alicyclic amines) is 1. The minimum atomic E-state index is -1.45. The van der Waals surface area contributed by atoms with Gasteiger partial charge in [0.25, 0.3) is 0 Å². The highest BCUT2D eigenvalue weighted by atomic mass is 16.5. The van der Waals surface area contributed by atoms with E-state index in [9.17, 15) is 19.2 Å². The smallest absolute Gasteiger partial charge is 0.250 e. The van der Waals surface area contributed by atoms with Crippen molar-refractivity contribution in [1.82, 2.24) is 10.2 Å². The Labute approximate surface area is 208 Å². The Morgan fingerprint density at radius 1 is 1.06 bits per heavy atom. The number of ether oxygens (including phenoxy) is 2. The van der Waals surface area contributed by atoms with Crippen molar-refractivity contribution in [2.45, 2.75) is 31.3 Å². The molecule has 0 unspecified atom stereocenters. The fourth-order valence-electron chi connectivity index (χ4n) is 5.86. The Kier molecular flexibility index (Phi) is 5.71. The molecule has 5 rings (SSSR count). The molecule has 0 aromatic heterocycles. The van der Waals surface area contributed by atoms with E-state index >= 15 is 0 Å². The molecule has 4 N–H and O–H groups in total. The Bertz CT molecular complexity index is 1290. The molecule has 36 heavy (non-hydrogen) atoms. The molecule has 188 valence electrons. The Morgan fingerprint density at radius 2 is 1.81 bits per heavy atom. The van der Waals surface area contributed by atoms with E-state index < -0.39 is 47.0 Å². The maximum Gasteiger partial charge on any atom is 0.250 e. The summed E-state index contributed by atoms with van der Waals surface area (Å²) in [6.07, 6.45) is 0.222. The Morgan fingerprint density at radius 3 is 2.50 bits per heavy atom. The van der Waals surface area contributed by atoms with Crippen LogP contribution in [0.15, 0.2) is 36.4 Å². The largest absolute Gasteiger partial charge is 0.493 e. The van der Waals surface area contributed by atoms with Gasteiger partial charge in [-0.25, -0.2) is 0 Å². The summed E-state index contributed by atoms with van der Waals surface area (Å²) >= 11 is 0. The van der Waals surface area contributed by atoms with Gasteiger partial charge in [0.15, 0.2) is 11.5 Å². The first-order valence-electron chi connectivity index (χ1n) is 11.8. The summed E-state index contributed by atoms with van der Waals surface area (Å²) in [6.45, 7) is 2.02. The summed E-state index contributed by atoms with van der Waals surface area (Å²) < 4.78 is 10.6. The molecule has 2 saturated heterocycles. The SMILES string of the molecule is COc1ccc(CCN2C(=O)[C@@H]3[C@@H](CC(N)=O)N[C@]4(C(=O)Nc5ccc(C)cc54)[C@H]3C2=O)cc1OC. The predicted molar refractivity (Wildman–Crippen MR) is 129 cm³/mol. The van der Waals surface area contributed by atoms with Gasteiger partial charge in [-0.15, -0.1) is 0 Å². The molecule has 10 nitrogen and oxygen atoms in total. The molecular formula is C26H28N4O6. The number of methoxy groups -OCH3 is 2. The monoisotopic (exact) mass is 492 g/mol. The first kappa shape index (κ1) is 23.8. The molecule has 1 spiro atoms. The number of fused-ring (bicyclic) bond motifs is 4. The number of imide groups is 1. The molecule has 0 radical (unpaired) electrons. The average Bonchev–Trinajstić information content (AvgIpc) is 3.41. The molecule has 0 saturated carbocycles. The summed E-state index contributed by atoms with van der Waals surface area (Å²) in [5, 5.41) is 6.05. The number of nitrogens with two attached hydrogens (primary N) is 1. The van der Waals surface area contributed by atoms with E-state index in [2.05, 4.69) is 10.6 Å². The van der Waals surface area contributed by atoms with E-state index in [-0.39, 0.29) is 13.0 Å². The zero-order valence-corrected chi connectivity index (χ0v) is 20.3. The predicted octanol–water partition coefficient (Wildman–Crippen LogP) is 0.851. The van der Waals surface area contributed by atoms with Crippen LogP contribution in [0.25, 0.3) is 0 Å². The third kappa shape index (κ3) is 3.43. The van der Waals surface area contributed by atoms with Gasteiger partial charge in [0.2, 0.25) is 23.6 Å². The van der Waals surface area contributed by atoms with Crippen LogP contribution in [0.3, 0.4) is 0 Å². The topological polar surface area (TPSA) is 140 Å². The number of aryl methyl sites for hydroxylation is 1. The fraction of sp³-hybridized carbons (Fsp3) is 0.385. The van der Waals surface area contributed by atoms with Crippen molar-refractivity contribution in [3.05, 3.63) is 53.1 Å². The zero-order chi connectivity index (χ0) is 25.8. The number of primary amides is 1. The van der Waals surface area contributed by atoms with Crippen LogP contribution in [0.4, 0.5) is 5.69 Å². The lowest BCUT2D eigenvalue weighted by Gasteiger charge is -2.29. The van der Waals surface area contributed by atoms with Crippen molar-refractivity contribution >= 4 is 29.3 Å². The van der Waals surface area contributed by atoms with E-state index in [0.29, 0.717) is 29.2 Å². The third-order valence-corrected chi connectivity index (χ3v) is 7.45. The molecule has 10 heteroatoms. The normalized spacial score (nSPS) is 26.2. The summed E-state index contributed by atoms with van der Waals surface area (Å²) in [6, 6.07) is 10.2. The molecule has 3 aliphatic heterocycles. The highest BCUT2D eigenvalue weighted by molar-refractivity contribution is 6.15. The number of anilines is 1. The molecule has 4 amide bonds. The zero-order valence-electron chi connectivity index (χ0n) is 20.3. The maximum atomic E-state index is 13.8. The molecule has 3 aliphatic rings. The Balaban J connectivity index is 1.49. The second-order valence-electron chi connectivity index (χ2n) is 9.50. The van der Waals surface area contributed by atoms with Gasteiger partial charge in [0.1, 0.15) is 5.54 Å². The highest BCUT2D eigenvalue weighted by Gasteiger charge is 2.70. The summed E-state index contributed by atoms with van der Waals surface area (Å²) in [4.78, 5) is 53.9. The Hall–Kier alpha value is -3.92. The van der Waals surface area contributed by atoms with Crippen molar-refractivity contribution in [2.24, 2.45) is 17.6 Å². The van der Waals surface area contributed by atoms with E-state index in [1.165, 1.54) is 12.0 Å². The first-order valence-corrected chi connectivity index (χ1v) is 11.8. The van der Waals surface area contributed by atoms with Crippen LogP contribution >= 0.6 is 0 Å². The summed E-state index contributed by atoms with van der Waals surface area (Å²) in [5.41, 5.74) is 6.99. The van der Waals surface area contributed by atoms with Crippen LogP contribution < -0.4 is 25.8 Å². The molecule has 0 aliphatic carbocycles. The molecule has 4 atom stereocenters. The standard InChI is InChI=1S/C26H28N4O6/c1-13-4-6-16-15(10-13)26(25(34)28-16)22-21(17(29-26)12-20(27)31)23(32)30(24(22)33)9-8-14-5-7-18(35-2)19(11-14)36-3/h4-7,10-11,17,21-22,29H,8-9,12H2,1-3H3,(H2,27,31)(H,28,34)/t17-,21-,22-,26+/m1/s1. The second-order valence-corrected chi connectivity index (χ2v) is 9.50. The molecule has 2 fully saturated rings. The van der Waals surface area contributed by atoms with Crippen molar-refractivity contribution in [2.75, 3.05) is 26.1 Å². The van der Waals surface area contributed by atoms with E-state index in [1.807, 2.05) is 25.1 Å². The molecule has 3 heterocycles. The maximum absolute atomic E-state index is 13.8. The number of hydrogen-bond acceptors (Lipinski definition) is 7. The second kappa shape index (κ2) is 8.63. The van der Waals surface area contributed by atoms with Gasteiger partial charge in [-0.3, -0.25) is 29.4 Å². The minimum Gasteiger partial charge on any atom is -0.493 e. The number of nitrogens with zero attached hydrogens (tertiary/aromatic N) is 1. The molecule has 2 aromatic carbocycles. The molecular weight excluding hydrogens is 464 g/mol. The lowest BCUT2D eigenvalue weighted by Crippen LogP contribution is -2.53. The third-order valence-electron chi connectivity index (χ3n) is 7.45. The number of amides is 4. The van der Waals surface area contributed by atoms with E-state index in [4.69, 9.17) is 15.2 Å². The number of nitrogens with one attached hydrogen (secondary N) is 2. The minimum absolute atomic E-state index is 0.127. The van der Waals surface area contributed by atoms with Gasteiger partial charge >= 0.3 is 0 Å².